The van der Waals surface area contributed by atoms with Crippen molar-refractivity contribution in [3.05, 3.63) is 101 Å². The van der Waals surface area contributed by atoms with Crippen LogP contribution in [-0.4, -0.2) is 12.8 Å². The third-order valence-corrected chi connectivity index (χ3v) is 4.99. The zero-order valence-corrected chi connectivity index (χ0v) is 17.5. The molecule has 0 unspecified atom stereocenters. The Morgan fingerprint density at radius 2 is 1.93 bits per heavy atom. The third kappa shape index (κ3) is 5.46. The van der Waals surface area contributed by atoms with E-state index < -0.39 is 0 Å². The Kier molecular flexibility index (Phi) is 7.39. The van der Waals surface area contributed by atoms with Crippen LogP contribution in [0, 0.1) is 6.92 Å². The van der Waals surface area contributed by atoms with Crippen molar-refractivity contribution in [3.63, 3.8) is 0 Å². The summed E-state index contributed by atoms with van der Waals surface area (Å²) in [6.45, 7) is 14.6. The topological polar surface area (TPSA) is 50.4 Å². The average Bonchev–Trinajstić information content (AvgIpc) is 2.70. The minimum absolute atomic E-state index is 0.806. The van der Waals surface area contributed by atoms with Crippen molar-refractivity contribution in [2.75, 3.05) is 12.4 Å². The van der Waals surface area contributed by atoms with Crippen LogP contribution in [0.2, 0.25) is 0 Å². The molecule has 0 amide bonds. The molecule has 0 heterocycles. The Labute approximate surface area is 169 Å². The molecule has 2 rings (SSSR count). The molecule has 0 atom stereocenters. The minimum Gasteiger partial charge on any atom is -0.404 e. The van der Waals surface area contributed by atoms with Crippen LogP contribution in [0.25, 0.3) is 0 Å². The first-order valence-corrected chi connectivity index (χ1v) is 9.52. The molecule has 0 fully saturated rings. The van der Waals surface area contributed by atoms with Gasteiger partial charge in [0.05, 0.1) is 5.71 Å². The molecule has 3 nitrogen and oxygen atoms in total. The van der Waals surface area contributed by atoms with Gasteiger partial charge in [0, 0.05) is 18.4 Å². The molecule has 0 bridgehead atoms. The van der Waals surface area contributed by atoms with Crippen molar-refractivity contribution in [3.8, 4) is 0 Å². The SMILES string of the molecule is C=C(Nc1cccc(C)c1)C(=C)/C(C)=C\C=C(/C)C1=CC(=NC)C(=CN)CC1. The van der Waals surface area contributed by atoms with Crippen LogP contribution in [0.15, 0.2) is 100 Å². The summed E-state index contributed by atoms with van der Waals surface area (Å²) in [5.41, 5.74) is 15.3. The number of benzene rings is 1. The molecule has 1 aromatic carbocycles. The zero-order valence-electron chi connectivity index (χ0n) is 17.5. The van der Waals surface area contributed by atoms with E-state index in [1.54, 1.807) is 13.2 Å². The minimum atomic E-state index is 0.806. The summed E-state index contributed by atoms with van der Waals surface area (Å²) in [5.74, 6) is 0. The Hall–Kier alpha value is -3.07. The quantitative estimate of drug-likeness (QED) is 0.601. The van der Waals surface area contributed by atoms with E-state index >= 15 is 0 Å². The van der Waals surface area contributed by atoms with Crippen LogP contribution < -0.4 is 11.1 Å². The average molecular weight is 374 g/mol. The molecule has 1 aromatic rings. The van der Waals surface area contributed by atoms with Gasteiger partial charge < -0.3 is 11.1 Å². The number of aryl methyl sites for hydroxylation is 1. The molecule has 0 spiro atoms. The lowest BCUT2D eigenvalue weighted by Gasteiger charge is -2.17. The van der Waals surface area contributed by atoms with Gasteiger partial charge >= 0.3 is 0 Å². The van der Waals surface area contributed by atoms with Crippen molar-refractivity contribution < 1.29 is 0 Å². The summed E-state index contributed by atoms with van der Waals surface area (Å²) >= 11 is 0. The van der Waals surface area contributed by atoms with Gasteiger partial charge in [-0.25, -0.2) is 0 Å². The van der Waals surface area contributed by atoms with Gasteiger partial charge in [0.25, 0.3) is 0 Å². The van der Waals surface area contributed by atoms with Crippen LogP contribution in [-0.2, 0) is 0 Å². The second-order valence-corrected chi connectivity index (χ2v) is 7.12. The highest BCUT2D eigenvalue weighted by Gasteiger charge is 2.14. The highest BCUT2D eigenvalue weighted by molar-refractivity contribution is 6.09. The fourth-order valence-electron chi connectivity index (χ4n) is 3.08. The number of aliphatic imine (C=N–C) groups is 1. The van der Waals surface area contributed by atoms with Gasteiger partial charge in [0.15, 0.2) is 0 Å². The number of hydrogen-bond donors (Lipinski definition) is 2. The van der Waals surface area contributed by atoms with Crippen LogP contribution in [0.4, 0.5) is 5.69 Å². The molecule has 3 N–H and O–H groups in total. The first kappa shape index (κ1) is 21.2. The van der Waals surface area contributed by atoms with E-state index in [1.807, 2.05) is 12.1 Å². The lowest BCUT2D eigenvalue weighted by molar-refractivity contribution is 0.941. The highest BCUT2D eigenvalue weighted by atomic mass is 14.9. The lowest BCUT2D eigenvalue weighted by Crippen LogP contribution is -2.10. The van der Waals surface area contributed by atoms with E-state index in [2.05, 4.69) is 74.6 Å². The molecule has 0 aromatic heterocycles. The van der Waals surface area contributed by atoms with Crippen molar-refractivity contribution in [2.45, 2.75) is 33.6 Å². The molecule has 146 valence electrons. The van der Waals surface area contributed by atoms with Crippen molar-refractivity contribution in [1.29, 1.82) is 0 Å². The summed E-state index contributed by atoms with van der Waals surface area (Å²) in [6, 6.07) is 8.22. The third-order valence-electron chi connectivity index (χ3n) is 4.99. The zero-order chi connectivity index (χ0) is 20.7. The van der Waals surface area contributed by atoms with E-state index in [9.17, 15) is 0 Å². The fraction of sp³-hybridized carbons (Fsp3) is 0.240. The lowest BCUT2D eigenvalue weighted by atomic mass is 9.89. The van der Waals surface area contributed by atoms with Gasteiger partial charge in [-0.05, 0) is 91.5 Å². The number of rotatable bonds is 6. The van der Waals surface area contributed by atoms with Gasteiger partial charge in [0.1, 0.15) is 0 Å². The maximum Gasteiger partial charge on any atom is 0.0620 e. The van der Waals surface area contributed by atoms with Gasteiger partial charge in [-0.2, -0.15) is 0 Å². The number of hydrogen-bond acceptors (Lipinski definition) is 3. The Bertz CT molecular complexity index is 921. The largest absolute Gasteiger partial charge is 0.404 e. The second kappa shape index (κ2) is 9.75. The molecule has 1 aliphatic rings. The fourth-order valence-corrected chi connectivity index (χ4v) is 3.08. The summed E-state index contributed by atoms with van der Waals surface area (Å²) < 4.78 is 0. The van der Waals surface area contributed by atoms with E-state index in [-0.39, 0.29) is 0 Å². The van der Waals surface area contributed by atoms with Gasteiger partial charge in [-0.1, -0.05) is 37.4 Å². The predicted octanol–water partition coefficient (Wildman–Crippen LogP) is 6.00. The predicted molar refractivity (Wildman–Crippen MR) is 124 cm³/mol. The van der Waals surface area contributed by atoms with Gasteiger partial charge in [0.2, 0.25) is 0 Å². The van der Waals surface area contributed by atoms with E-state index in [0.29, 0.717) is 0 Å². The smallest absolute Gasteiger partial charge is 0.0620 e. The molecular formula is C25H31N3. The summed E-state index contributed by atoms with van der Waals surface area (Å²) in [5, 5.41) is 3.34. The Morgan fingerprint density at radius 1 is 1.18 bits per heavy atom. The van der Waals surface area contributed by atoms with E-state index in [4.69, 9.17) is 5.73 Å². The number of nitrogens with two attached hydrogens (primary N) is 1. The number of nitrogens with zero attached hydrogens (tertiary/aromatic N) is 1. The molecule has 28 heavy (non-hydrogen) atoms. The van der Waals surface area contributed by atoms with Gasteiger partial charge in [-0.3, -0.25) is 4.99 Å². The van der Waals surface area contributed by atoms with Gasteiger partial charge in [-0.15, -0.1) is 0 Å². The van der Waals surface area contributed by atoms with Crippen LogP contribution in [0.1, 0.15) is 32.3 Å². The maximum atomic E-state index is 5.69. The second-order valence-electron chi connectivity index (χ2n) is 7.12. The van der Waals surface area contributed by atoms with Crippen molar-refractivity contribution >= 4 is 11.4 Å². The molecule has 0 saturated heterocycles. The molecule has 1 aliphatic carbocycles. The molecule has 3 heteroatoms. The van der Waals surface area contributed by atoms with Crippen LogP contribution in [0.3, 0.4) is 0 Å². The monoisotopic (exact) mass is 373 g/mol. The van der Waals surface area contributed by atoms with Crippen LogP contribution in [0.5, 0.6) is 0 Å². The van der Waals surface area contributed by atoms with Crippen LogP contribution >= 0.6 is 0 Å². The van der Waals surface area contributed by atoms with Crippen molar-refractivity contribution in [2.24, 2.45) is 10.7 Å². The van der Waals surface area contributed by atoms with Crippen molar-refractivity contribution in [1.82, 2.24) is 0 Å². The summed E-state index contributed by atoms with van der Waals surface area (Å²) in [4.78, 5) is 4.34. The Balaban J connectivity index is 2.10. The first-order chi connectivity index (χ1) is 13.3. The molecule has 0 radical (unpaired) electrons. The number of anilines is 1. The van der Waals surface area contributed by atoms with E-state index in [1.165, 1.54) is 16.7 Å². The highest BCUT2D eigenvalue weighted by Crippen LogP contribution is 2.26. The molecule has 0 aliphatic heterocycles. The molecule has 0 saturated carbocycles. The normalized spacial score (nSPS) is 18.2. The Morgan fingerprint density at radius 3 is 2.57 bits per heavy atom. The maximum absolute atomic E-state index is 5.69. The summed E-state index contributed by atoms with van der Waals surface area (Å²) in [6.07, 6.45) is 9.92. The molecular weight excluding hydrogens is 342 g/mol. The van der Waals surface area contributed by atoms with E-state index in [0.717, 1.165) is 46.7 Å². The number of allylic oxidation sites excluding steroid dienone is 7. The standard InChI is InChI=1S/C25H31N3/c1-17-8-7-9-24(14-17)28-21(5)20(4)18(2)10-11-19(3)22-12-13-23(16-26)25(15-22)27-6/h7-11,14-16,28H,4-5,12-13,26H2,1-3,6H3/b18-10-,19-11+,23-16?,27-25?. The number of nitrogens with one attached hydrogen (secondary N) is 1. The summed E-state index contributed by atoms with van der Waals surface area (Å²) in [7, 11) is 1.80. The first-order valence-electron chi connectivity index (χ1n) is 9.52.